The SMILES string of the molecule is CCNc1ccc(C#N)cc1N=C1S/C(=C2\SC=C(c3ccc(-c4ccccc4)cc3)N2C)C(=O)N1Cc1ccccc1. The number of carbonyl (C=O) groups is 1. The molecule has 1 fully saturated rings. The predicted molar refractivity (Wildman–Crippen MR) is 179 cm³/mol. The van der Waals surface area contributed by atoms with Crippen molar-refractivity contribution < 1.29 is 4.79 Å². The van der Waals surface area contributed by atoms with Crippen LogP contribution in [0.3, 0.4) is 0 Å². The fourth-order valence-electron chi connectivity index (χ4n) is 4.97. The van der Waals surface area contributed by atoms with Crippen LogP contribution in [0.1, 0.15) is 23.6 Å². The molecule has 0 aromatic heterocycles. The van der Waals surface area contributed by atoms with Gasteiger partial charge in [0.05, 0.1) is 40.3 Å². The maximum absolute atomic E-state index is 14.1. The van der Waals surface area contributed by atoms with E-state index in [2.05, 4.69) is 58.1 Å². The van der Waals surface area contributed by atoms with Gasteiger partial charge in [0.15, 0.2) is 5.17 Å². The minimum atomic E-state index is -0.0857. The molecule has 212 valence electrons. The van der Waals surface area contributed by atoms with Gasteiger partial charge in [-0.05, 0) is 59.1 Å². The van der Waals surface area contributed by atoms with Crippen LogP contribution in [-0.4, -0.2) is 34.5 Å². The number of nitriles is 1. The Hall–Kier alpha value is -4.71. The molecule has 2 aliphatic heterocycles. The van der Waals surface area contributed by atoms with E-state index in [1.165, 1.54) is 17.3 Å². The van der Waals surface area contributed by atoms with E-state index >= 15 is 0 Å². The van der Waals surface area contributed by atoms with Crippen molar-refractivity contribution >= 4 is 51.7 Å². The van der Waals surface area contributed by atoms with Gasteiger partial charge in [0, 0.05) is 19.0 Å². The average Bonchev–Trinajstić information content (AvgIpc) is 3.57. The smallest absolute Gasteiger partial charge is 0.269 e. The Morgan fingerprint density at radius 1 is 0.884 bits per heavy atom. The van der Waals surface area contributed by atoms with E-state index in [1.54, 1.807) is 28.8 Å². The van der Waals surface area contributed by atoms with Crippen LogP contribution in [0.15, 0.2) is 123 Å². The van der Waals surface area contributed by atoms with Gasteiger partial charge in [-0.3, -0.25) is 9.69 Å². The van der Waals surface area contributed by atoms with Gasteiger partial charge in [0.1, 0.15) is 4.91 Å². The third-order valence-electron chi connectivity index (χ3n) is 7.19. The van der Waals surface area contributed by atoms with Crippen LogP contribution in [0.4, 0.5) is 11.4 Å². The first kappa shape index (κ1) is 28.4. The Morgan fingerprint density at radius 3 is 2.26 bits per heavy atom. The lowest BCUT2D eigenvalue weighted by molar-refractivity contribution is -0.122. The van der Waals surface area contributed by atoms with Crippen LogP contribution in [-0.2, 0) is 11.3 Å². The molecule has 0 radical (unpaired) electrons. The molecule has 8 heteroatoms. The highest BCUT2D eigenvalue weighted by Gasteiger charge is 2.38. The van der Waals surface area contributed by atoms with Crippen LogP contribution in [0.25, 0.3) is 16.8 Å². The summed E-state index contributed by atoms with van der Waals surface area (Å²) in [7, 11) is 2.00. The quantitative estimate of drug-likeness (QED) is 0.216. The zero-order chi connectivity index (χ0) is 29.8. The van der Waals surface area contributed by atoms with E-state index < -0.39 is 0 Å². The van der Waals surface area contributed by atoms with Crippen LogP contribution in [0, 0.1) is 11.3 Å². The van der Waals surface area contributed by atoms with E-state index in [0.717, 1.165) is 33.1 Å². The zero-order valence-corrected chi connectivity index (χ0v) is 25.5. The van der Waals surface area contributed by atoms with Crippen molar-refractivity contribution in [2.24, 2.45) is 4.99 Å². The molecule has 0 spiro atoms. The molecule has 4 aromatic rings. The molecule has 6 rings (SSSR count). The summed E-state index contributed by atoms with van der Waals surface area (Å²) >= 11 is 2.93. The van der Waals surface area contributed by atoms with Crippen molar-refractivity contribution in [3.63, 3.8) is 0 Å². The van der Waals surface area contributed by atoms with Crippen molar-refractivity contribution in [1.29, 1.82) is 5.26 Å². The van der Waals surface area contributed by atoms with Crippen LogP contribution in [0.5, 0.6) is 0 Å². The number of amidine groups is 1. The maximum atomic E-state index is 14.1. The number of hydrogen-bond donors (Lipinski definition) is 1. The Labute approximate surface area is 260 Å². The average molecular weight is 600 g/mol. The molecule has 0 unspecified atom stereocenters. The minimum absolute atomic E-state index is 0.0857. The summed E-state index contributed by atoms with van der Waals surface area (Å²) in [5, 5.41) is 16.4. The molecule has 43 heavy (non-hydrogen) atoms. The Bertz CT molecular complexity index is 1790. The number of nitrogens with zero attached hydrogens (tertiary/aromatic N) is 4. The van der Waals surface area contributed by atoms with Crippen molar-refractivity contribution in [2.75, 3.05) is 18.9 Å². The summed E-state index contributed by atoms with van der Waals surface area (Å²) in [6, 6.07) is 36.4. The summed E-state index contributed by atoms with van der Waals surface area (Å²) < 4.78 is 0. The van der Waals surface area contributed by atoms with Crippen LogP contribution < -0.4 is 5.32 Å². The lowest BCUT2D eigenvalue weighted by Crippen LogP contribution is -2.29. The van der Waals surface area contributed by atoms with E-state index in [-0.39, 0.29) is 5.91 Å². The summed E-state index contributed by atoms with van der Waals surface area (Å²) in [5.74, 6) is -0.0857. The van der Waals surface area contributed by atoms with Crippen molar-refractivity contribution in [3.05, 3.63) is 135 Å². The summed E-state index contributed by atoms with van der Waals surface area (Å²) in [6.45, 7) is 3.12. The molecule has 2 heterocycles. The number of nitrogens with one attached hydrogen (secondary N) is 1. The van der Waals surface area contributed by atoms with E-state index in [9.17, 15) is 10.1 Å². The Kier molecular flexibility index (Phi) is 8.36. The monoisotopic (exact) mass is 599 g/mol. The van der Waals surface area contributed by atoms with Gasteiger partial charge in [-0.2, -0.15) is 5.26 Å². The molecule has 1 amide bonds. The number of amides is 1. The molecule has 2 aliphatic rings. The standard InChI is InChI=1S/C35H29N5OS2/c1-3-37-29-19-14-25(21-36)20-30(29)38-35-40(22-24-10-6-4-7-11-24)33(41)32(43-35)34-39(2)31(23-42-34)28-17-15-27(16-18-28)26-12-8-5-9-13-26/h4-20,23,37H,3,22H2,1-2H3/b34-32-,38-35?. The van der Waals surface area contributed by atoms with Crippen molar-refractivity contribution in [2.45, 2.75) is 13.5 Å². The molecule has 0 aliphatic carbocycles. The molecule has 0 saturated carbocycles. The minimum Gasteiger partial charge on any atom is -0.384 e. The van der Waals surface area contributed by atoms with E-state index in [0.29, 0.717) is 34.4 Å². The number of rotatable bonds is 7. The fourth-order valence-corrected chi connectivity index (χ4v) is 7.21. The Balaban J connectivity index is 1.34. The summed E-state index contributed by atoms with van der Waals surface area (Å²) in [5.41, 5.74) is 7.43. The molecule has 1 N–H and O–H groups in total. The normalized spacial score (nSPS) is 17.4. The maximum Gasteiger partial charge on any atom is 0.269 e. The molecule has 6 nitrogen and oxygen atoms in total. The zero-order valence-electron chi connectivity index (χ0n) is 23.8. The topological polar surface area (TPSA) is 71.7 Å². The first-order chi connectivity index (χ1) is 21.1. The third-order valence-corrected chi connectivity index (χ3v) is 9.43. The lowest BCUT2D eigenvalue weighted by Gasteiger charge is -2.19. The number of thioether (sulfide) groups is 2. The molecule has 4 aromatic carbocycles. The van der Waals surface area contributed by atoms with Gasteiger partial charge in [-0.25, -0.2) is 4.99 Å². The lowest BCUT2D eigenvalue weighted by atomic mass is 10.0. The number of hydrogen-bond acceptors (Lipinski definition) is 7. The van der Waals surface area contributed by atoms with Crippen LogP contribution in [0.2, 0.25) is 0 Å². The molecular weight excluding hydrogens is 571 g/mol. The predicted octanol–water partition coefficient (Wildman–Crippen LogP) is 8.27. The van der Waals surface area contributed by atoms with Gasteiger partial charge in [-0.15, -0.1) is 0 Å². The first-order valence-electron chi connectivity index (χ1n) is 14.0. The number of benzene rings is 4. The van der Waals surface area contributed by atoms with Gasteiger partial charge in [0.2, 0.25) is 0 Å². The second-order valence-electron chi connectivity index (χ2n) is 10.0. The van der Waals surface area contributed by atoms with Crippen molar-refractivity contribution in [1.82, 2.24) is 9.80 Å². The third kappa shape index (κ3) is 5.96. The first-order valence-corrected chi connectivity index (χ1v) is 15.7. The highest BCUT2D eigenvalue weighted by molar-refractivity contribution is 8.19. The summed E-state index contributed by atoms with van der Waals surface area (Å²) in [6.07, 6.45) is 0. The molecule has 1 saturated heterocycles. The number of anilines is 1. The number of carbonyl (C=O) groups excluding carboxylic acids is 1. The van der Waals surface area contributed by atoms with Gasteiger partial charge < -0.3 is 10.2 Å². The fraction of sp³-hybridized carbons (Fsp3) is 0.114. The molecule has 0 atom stereocenters. The van der Waals surface area contributed by atoms with Crippen molar-refractivity contribution in [3.8, 4) is 17.2 Å². The largest absolute Gasteiger partial charge is 0.384 e. The van der Waals surface area contributed by atoms with E-state index in [4.69, 9.17) is 4.99 Å². The molecule has 0 bridgehead atoms. The highest BCUT2D eigenvalue weighted by atomic mass is 32.2. The highest BCUT2D eigenvalue weighted by Crippen LogP contribution is 2.46. The van der Waals surface area contributed by atoms with Gasteiger partial charge in [0.25, 0.3) is 5.91 Å². The number of aliphatic imine (C=N–C) groups is 1. The van der Waals surface area contributed by atoms with E-state index in [1.807, 2.05) is 68.6 Å². The summed E-state index contributed by atoms with van der Waals surface area (Å²) in [4.78, 5) is 23.5. The Morgan fingerprint density at radius 2 is 1.56 bits per heavy atom. The second kappa shape index (κ2) is 12.7. The van der Waals surface area contributed by atoms with Gasteiger partial charge in [-0.1, -0.05) is 96.7 Å². The van der Waals surface area contributed by atoms with Crippen LogP contribution >= 0.6 is 23.5 Å². The van der Waals surface area contributed by atoms with Gasteiger partial charge >= 0.3 is 0 Å². The second-order valence-corrected chi connectivity index (χ2v) is 11.8. The molecular formula is C35H29N5OS2.